The van der Waals surface area contributed by atoms with Crippen molar-refractivity contribution in [1.29, 1.82) is 0 Å². The van der Waals surface area contributed by atoms with Crippen LogP contribution in [0, 0.1) is 63.6 Å². The van der Waals surface area contributed by atoms with Crippen molar-refractivity contribution in [2.45, 2.75) is 332 Å². The molecule has 1 rings (SSSR count). The largest absolute Gasteiger partial charge is 0.354 e. The van der Waals surface area contributed by atoms with Crippen LogP contribution in [0.25, 0.3) is 0 Å². The van der Waals surface area contributed by atoms with Crippen LogP contribution in [-0.4, -0.2) is 71.7 Å². The number of hydrogen-bond acceptors (Lipinski definition) is 6. The maximum atomic E-state index is 12.0. The highest BCUT2D eigenvalue weighted by Gasteiger charge is 2.31. The van der Waals surface area contributed by atoms with Crippen LogP contribution < -0.4 is 31.9 Å². The molecular formula is C75H146N6O6. The molecule has 0 heterocycles. The number of amides is 6. The molecule has 6 N–H and O–H groups in total. The molecule has 87 heavy (non-hydrogen) atoms. The molecule has 0 radical (unpaired) electrons. The molecule has 6 atom stereocenters. The second-order valence-corrected chi connectivity index (χ2v) is 30.6. The van der Waals surface area contributed by atoms with E-state index in [0.29, 0.717) is 12.3 Å². The standard InChI is InChI=1S/C14H25NO.C13H27NO.C13H25NO.C12H25NO.C12H21NO.C11H23NO/c1-4-7-13(14(16)15-11(2)3)10-12-8-5-6-9-12;2*1-7-8-11(9-13(4,5)6)12(15)14-10(2)3;1-7-8-10(12(4,5)6)11(14)13-9(2)3;1-6-7-11(8-9(2)3)12(14)13-10(4)5;1-6-7-10(8(2)3)11(13)12-9(4)5/h4,11-13H,1,5-10H2,2-3H3,(H,15,16);10-11H,7-9H2,1-6H3,(H,14,15);7,10-11H,1,8-9H2,2-6H3,(H,14,15);9-10H,7-8H2,1-6H3,(H,13,14);6,10-11H,1-2,7-8H2,3-5H3,(H,13,14);8-10H,6-7H2,1-5H3,(H,12,13). The fourth-order valence-corrected chi connectivity index (χ4v) is 10.4. The molecular weight excluding hydrogens is 1080 g/mol. The number of nitrogens with one attached hydrogen (secondary N) is 6. The van der Waals surface area contributed by atoms with Crippen molar-refractivity contribution in [3.05, 3.63) is 50.1 Å². The molecule has 0 saturated heterocycles. The van der Waals surface area contributed by atoms with E-state index in [1.165, 1.54) is 25.7 Å². The minimum atomic E-state index is -0.00704. The zero-order valence-electron chi connectivity index (χ0n) is 62.1. The number of carbonyl (C=O) groups is 6. The Balaban J connectivity index is -0.000000310. The van der Waals surface area contributed by atoms with E-state index in [-0.39, 0.29) is 123 Å². The summed E-state index contributed by atoms with van der Waals surface area (Å²) in [5, 5.41) is 17.9. The molecule has 12 heteroatoms. The van der Waals surface area contributed by atoms with E-state index < -0.39 is 0 Å². The van der Waals surface area contributed by atoms with Crippen molar-refractivity contribution >= 4 is 35.4 Å². The van der Waals surface area contributed by atoms with Gasteiger partial charge in [0.05, 0.1) is 0 Å². The van der Waals surface area contributed by atoms with E-state index in [4.69, 9.17) is 0 Å². The van der Waals surface area contributed by atoms with Crippen LogP contribution in [0.1, 0.15) is 296 Å². The molecule has 0 bridgehead atoms. The molecule has 1 aliphatic rings. The zero-order chi connectivity index (χ0) is 69.0. The van der Waals surface area contributed by atoms with Gasteiger partial charge in [-0.2, -0.15) is 0 Å². The summed E-state index contributed by atoms with van der Waals surface area (Å²) in [5.41, 5.74) is 1.52. The fourth-order valence-electron chi connectivity index (χ4n) is 10.4. The number of carbonyl (C=O) groups excluding carboxylic acids is 6. The monoisotopic (exact) mass is 1230 g/mol. The first-order valence-electron chi connectivity index (χ1n) is 34.2. The van der Waals surface area contributed by atoms with Crippen LogP contribution in [0.5, 0.6) is 0 Å². The molecule has 1 fully saturated rings. The van der Waals surface area contributed by atoms with Gasteiger partial charge in [-0.15, -0.1) is 26.3 Å². The highest BCUT2D eigenvalue weighted by molar-refractivity contribution is 5.81. The van der Waals surface area contributed by atoms with Crippen LogP contribution >= 0.6 is 0 Å². The van der Waals surface area contributed by atoms with E-state index in [1.54, 1.807) is 6.08 Å². The van der Waals surface area contributed by atoms with Gasteiger partial charge in [-0.05, 0) is 182 Å². The van der Waals surface area contributed by atoms with Crippen LogP contribution in [0.15, 0.2) is 50.1 Å². The van der Waals surface area contributed by atoms with Crippen LogP contribution in [0.4, 0.5) is 0 Å². The second kappa shape index (κ2) is 50.5. The molecule has 6 unspecified atom stereocenters. The van der Waals surface area contributed by atoms with Crippen molar-refractivity contribution in [2.24, 2.45) is 63.6 Å². The summed E-state index contributed by atoms with van der Waals surface area (Å²) in [6.45, 7) is 70.9. The predicted molar refractivity (Wildman–Crippen MR) is 378 cm³/mol. The highest BCUT2D eigenvalue weighted by Crippen LogP contribution is 2.33. The number of rotatable bonds is 31. The summed E-state index contributed by atoms with van der Waals surface area (Å²) < 4.78 is 0. The van der Waals surface area contributed by atoms with Gasteiger partial charge in [-0.1, -0.05) is 166 Å². The second-order valence-electron chi connectivity index (χ2n) is 30.6. The lowest BCUT2D eigenvalue weighted by molar-refractivity contribution is -0.129. The molecule has 12 nitrogen and oxygen atoms in total. The van der Waals surface area contributed by atoms with Crippen molar-refractivity contribution in [3.8, 4) is 0 Å². The lowest BCUT2D eigenvalue weighted by Gasteiger charge is -2.30. The summed E-state index contributed by atoms with van der Waals surface area (Å²) in [6.07, 6.45) is 22.9. The van der Waals surface area contributed by atoms with E-state index >= 15 is 0 Å². The molecule has 0 aromatic rings. The molecule has 0 aliphatic heterocycles. The van der Waals surface area contributed by atoms with Crippen LogP contribution in [0.2, 0.25) is 0 Å². The Bertz CT molecular complexity index is 1870. The summed E-state index contributed by atoms with van der Waals surface area (Å²) in [4.78, 5) is 71.0. The lowest BCUT2D eigenvalue weighted by atomic mass is 9.77. The van der Waals surface area contributed by atoms with Gasteiger partial charge < -0.3 is 31.9 Å². The van der Waals surface area contributed by atoms with Gasteiger partial charge in [0.15, 0.2) is 0 Å². The third-order valence-corrected chi connectivity index (χ3v) is 14.1. The maximum absolute atomic E-state index is 12.0. The average molecular weight is 1230 g/mol. The maximum Gasteiger partial charge on any atom is 0.223 e. The van der Waals surface area contributed by atoms with Crippen molar-refractivity contribution in [1.82, 2.24) is 31.9 Å². The Morgan fingerprint density at radius 3 is 1.07 bits per heavy atom. The summed E-state index contributed by atoms with van der Waals surface area (Å²) in [5.74, 6) is 3.01. The minimum absolute atomic E-state index is 0.00704. The first-order chi connectivity index (χ1) is 39.9. The smallest absolute Gasteiger partial charge is 0.223 e. The first kappa shape index (κ1) is 91.5. The Morgan fingerprint density at radius 2 is 0.747 bits per heavy atom. The molecule has 1 saturated carbocycles. The van der Waals surface area contributed by atoms with Gasteiger partial charge in [0, 0.05) is 71.8 Å². The van der Waals surface area contributed by atoms with Gasteiger partial charge in [0.1, 0.15) is 0 Å². The van der Waals surface area contributed by atoms with Gasteiger partial charge in [0.2, 0.25) is 35.4 Å². The van der Waals surface area contributed by atoms with Gasteiger partial charge in [-0.25, -0.2) is 0 Å². The number of hydrogen-bond donors (Lipinski definition) is 6. The average Bonchev–Trinajstić information content (AvgIpc) is 4.06. The molecule has 512 valence electrons. The SMILES string of the molecule is C=CCC(CC(=C)C)C(=O)NC(C)C.C=CCC(CC(C)(C)C)C(=O)NC(C)C.C=CCC(CC1CCCC1)C(=O)NC(C)C.CCCC(C(=O)NC(C)C)C(C)(C)C.CCCC(C(=O)NC(C)C)C(C)C.CCCC(CC(C)(C)C)C(=O)NC(C)C. The minimum Gasteiger partial charge on any atom is -0.354 e. The molecule has 0 aromatic heterocycles. The third-order valence-electron chi connectivity index (χ3n) is 14.1. The van der Waals surface area contributed by atoms with Crippen LogP contribution in [-0.2, 0) is 28.8 Å². The van der Waals surface area contributed by atoms with Crippen molar-refractivity contribution in [3.63, 3.8) is 0 Å². The summed E-state index contributed by atoms with van der Waals surface area (Å²) >= 11 is 0. The topological polar surface area (TPSA) is 175 Å². The quantitative estimate of drug-likeness (QED) is 0.0377. The first-order valence-corrected chi connectivity index (χ1v) is 34.2. The van der Waals surface area contributed by atoms with E-state index in [9.17, 15) is 28.8 Å². The van der Waals surface area contributed by atoms with Gasteiger partial charge in [0.25, 0.3) is 0 Å². The fraction of sp³-hybridized carbons (Fsp3) is 0.813. The van der Waals surface area contributed by atoms with E-state index in [0.717, 1.165) is 88.5 Å². The zero-order valence-corrected chi connectivity index (χ0v) is 62.1. The van der Waals surface area contributed by atoms with Crippen molar-refractivity contribution < 1.29 is 28.8 Å². The number of allylic oxidation sites excluding steroid dienone is 4. The lowest BCUT2D eigenvalue weighted by Crippen LogP contribution is -2.41. The van der Waals surface area contributed by atoms with E-state index in [1.807, 2.05) is 102 Å². The van der Waals surface area contributed by atoms with Gasteiger partial charge >= 0.3 is 0 Å². The van der Waals surface area contributed by atoms with E-state index in [2.05, 4.69) is 155 Å². The normalized spacial score (nSPS) is 14.5. The van der Waals surface area contributed by atoms with Crippen LogP contribution in [0.3, 0.4) is 0 Å². The molecule has 0 aromatic carbocycles. The molecule has 1 aliphatic carbocycles. The molecule has 0 spiro atoms. The van der Waals surface area contributed by atoms with Gasteiger partial charge in [-0.3, -0.25) is 28.8 Å². The molecule has 6 amide bonds. The third kappa shape index (κ3) is 55.6. The Hall–Kier alpha value is -4.22. The van der Waals surface area contributed by atoms with Crippen molar-refractivity contribution in [2.75, 3.05) is 0 Å². The summed E-state index contributed by atoms with van der Waals surface area (Å²) in [6, 6.07) is 1.39. The predicted octanol–water partition coefficient (Wildman–Crippen LogP) is 18.0. The highest BCUT2D eigenvalue weighted by atomic mass is 16.2. The Morgan fingerprint density at radius 1 is 0.437 bits per heavy atom. The Kier molecular flexibility index (Phi) is 53.1. The summed E-state index contributed by atoms with van der Waals surface area (Å²) in [7, 11) is 0. The Labute approximate surface area is 539 Å².